The standard InChI is InChI=1S/C21H23BrN2O3/c1-4-13-27-19-11-8-16(14-18(19)22)21(26)23-17-9-5-15(6-10-17)7-12-20(25)24(2)3/h4-6,8-11,14H,1,7,12-13H2,2-3H3,(H,23,26). The topological polar surface area (TPSA) is 58.6 Å². The molecule has 142 valence electrons. The van der Waals surface area contributed by atoms with Crippen molar-refractivity contribution < 1.29 is 14.3 Å². The smallest absolute Gasteiger partial charge is 0.255 e. The quantitative estimate of drug-likeness (QED) is 0.635. The van der Waals surface area contributed by atoms with E-state index in [0.717, 1.165) is 5.56 Å². The number of halogens is 1. The second kappa shape index (κ2) is 9.92. The Morgan fingerprint density at radius 2 is 1.89 bits per heavy atom. The lowest BCUT2D eigenvalue weighted by molar-refractivity contribution is -0.128. The molecule has 5 nitrogen and oxygen atoms in total. The summed E-state index contributed by atoms with van der Waals surface area (Å²) in [6.45, 7) is 4.01. The molecule has 0 aliphatic carbocycles. The van der Waals surface area contributed by atoms with Gasteiger partial charge in [-0.25, -0.2) is 0 Å². The Morgan fingerprint density at radius 1 is 1.19 bits per heavy atom. The van der Waals surface area contributed by atoms with Gasteiger partial charge >= 0.3 is 0 Å². The minimum absolute atomic E-state index is 0.0958. The first-order chi connectivity index (χ1) is 12.9. The second-order valence-corrected chi connectivity index (χ2v) is 7.04. The Balaban J connectivity index is 1.96. The summed E-state index contributed by atoms with van der Waals surface area (Å²) in [6, 6.07) is 12.7. The Kier molecular flexibility index (Phi) is 7.61. The summed E-state index contributed by atoms with van der Waals surface area (Å²) in [4.78, 5) is 25.7. The number of benzene rings is 2. The Labute approximate surface area is 168 Å². The van der Waals surface area contributed by atoms with Gasteiger partial charge in [0.1, 0.15) is 12.4 Å². The highest BCUT2D eigenvalue weighted by atomic mass is 79.9. The zero-order valence-corrected chi connectivity index (χ0v) is 17.1. The van der Waals surface area contributed by atoms with E-state index in [1.54, 1.807) is 43.3 Å². The number of anilines is 1. The summed E-state index contributed by atoms with van der Waals surface area (Å²) in [7, 11) is 3.49. The van der Waals surface area contributed by atoms with Crippen LogP contribution in [0.15, 0.2) is 59.6 Å². The van der Waals surface area contributed by atoms with Gasteiger partial charge in [0.05, 0.1) is 4.47 Å². The maximum Gasteiger partial charge on any atom is 0.255 e. The molecule has 0 saturated carbocycles. The number of carbonyl (C=O) groups is 2. The molecule has 6 heteroatoms. The lowest BCUT2D eigenvalue weighted by Gasteiger charge is -2.11. The van der Waals surface area contributed by atoms with Crippen LogP contribution in [0, 0.1) is 0 Å². The number of aryl methyl sites for hydroxylation is 1. The van der Waals surface area contributed by atoms with E-state index in [4.69, 9.17) is 4.74 Å². The average Bonchev–Trinajstić information content (AvgIpc) is 2.66. The lowest BCUT2D eigenvalue weighted by atomic mass is 10.1. The maximum absolute atomic E-state index is 12.4. The van der Waals surface area contributed by atoms with Gasteiger partial charge in [0.2, 0.25) is 5.91 Å². The van der Waals surface area contributed by atoms with E-state index >= 15 is 0 Å². The third-order valence-corrected chi connectivity index (χ3v) is 4.51. The lowest BCUT2D eigenvalue weighted by Crippen LogP contribution is -2.21. The zero-order chi connectivity index (χ0) is 19.8. The fraction of sp³-hybridized carbons (Fsp3) is 0.238. The van der Waals surface area contributed by atoms with E-state index in [2.05, 4.69) is 27.8 Å². The molecule has 2 aromatic rings. The van der Waals surface area contributed by atoms with Crippen LogP contribution in [0.4, 0.5) is 5.69 Å². The number of hydrogen-bond acceptors (Lipinski definition) is 3. The average molecular weight is 431 g/mol. The van der Waals surface area contributed by atoms with Crippen LogP contribution in [-0.2, 0) is 11.2 Å². The first-order valence-electron chi connectivity index (χ1n) is 8.54. The fourth-order valence-corrected chi connectivity index (χ4v) is 2.83. The van der Waals surface area contributed by atoms with Crippen molar-refractivity contribution >= 4 is 33.4 Å². The molecular weight excluding hydrogens is 408 g/mol. The molecule has 0 unspecified atom stereocenters. The largest absolute Gasteiger partial charge is 0.488 e. The monoisotopic (exact) mass is 430 g/mol. The van der Waals surface area contributed by atoms with Crippen LogP contribution in [0.5, 0.6) is 5.75 Å². The van der Waals surface area contributed by atoms with E-state index in [0.29, 0.717) is 40.9 Å². The number of amides is 2. The molecule has 0 aliphatic rings. The molecule has 0 saturated heterocycles. The van der Waals surface area contributed by atoms with Crippen molar-refractivity contribution in [2.75, 3.05) is 26.0 Å². The van der Waals surface area contributed by atoms with Gasteiger partial charge in [0, 0.05) is 31.8 Å². The minimum Gasteiger partial charge on any atom is -0.488 e. The van der Waals surface area contributed by atoms with Crippen LogP contribution in [-0.4, -0.2) is 37.4 Å². The highest BCUT2D eigenvalue weighted by Gasteiger charge is 2.10. The molecule has 1 N–H and O–H groups in total. The SMILES string of the molecule is C=CCOc1ccc(C(=O)Nc2ccc(CCC(=O)N(C)C)cc2)cc1Br. The van der Waals surface area contributed by atoms with Crippen LogP contribution in [0.1, 0.15) is 22.3 Å². The van der Waals surface area contributed by atoms with Crippen molar-refractivity contribution in [2.45, 2.75) is 12.8 Å². The molecule has 0 aromatic heterocycles. The molecule has 2 amide bonds. The molecule has 2 aromatic carbocycles. The van der Waals surface area contributed by atoms with E-state index in [9.17, 15) is 9.59 Å². The predicted molar refractivity (Wildman–Crippen MR) is 111 cm³/mol. The normalized spacial score (nSPS) is 10.2. The maximum atomic E-state index is 12.4. The molecule has 0 spiro atoms. The molecule has 0 bridgehead atoms. The van der Waals surface area contributed by atoms with Crippen LogP contribution in [0.25, 0.3) is 0 Å². The summed E-state index contributed by atoms with van der Waals surface area (Å²) < 4.78 is 6.19. The van der Waals surface area contributed by atoms with Crippen molar-refractivity contribution in [1.29, 1.82) is 0 Å². The van der Waals surface area contributed by atoms with E-state index < -0.39 is 0 Å². The number of hydrogen-bond donors (Lipinski definition) is 1. The first-order valence-corrected chi connectivity index (χ1v) is 9.33. The van der Waals surface area contributed by atoms with Crippen molar-refractivity contribution in [3.8, 4) is 5.75 Å². The van der Waals surface area contributed by atoms with Gasteiger partial charge in [0.15, 0.2) is 0 Å². The number of rotatable bonds is 8. The Morgan fingerprint density at radius 3 is 2.48 bits per heavy atom. The Bertz CT molecular complexity index is 817. The molecule has 0 atom stereocenters. The van der Waals surface area contributed by atoms with Gasteiger partial charge < -0.3 is 15.0 Å². The molecule has 0 heterocycles. The summed E-state index contributed by atoms with van der Waals surface area (Å²) in [5, 5.41) is 2.87. The van der Waals surface area contributed by atoms with Gasteiger partial charge in [-0.05, 0) is 58.2 Å². The number of nitrogens with one attached hydrogen (secondary N) is 1. The molecular formula is C21H23BrN2O3. The number of ether oxygens (including phenoxy) is 1. The minimum atomic E-state index is -0.207. The van der Waals surface area contributed by atoms with Crippen molar-refractivity contribution in [3.05, 3.63) is 70.7 Å². The number of nitrogens with zero attached hydrogens (tertiary/aromatic N) is 1. The second-order valence-electron chi connectivity index (χ2n) is 6.18. The predicted octanol–water partition coefficient (Wildman–Crippen LogP) is 4.29. The van der Waals surface area contributed by atoms with Gasteiger partial charge in [-0.3, -0.25) is 9.59 Å². The molecule has 27 heavy (non-hydrogen) atoms. The zero-order valence-electron chi connectivity index (χ0n) is 15.5. The van der Waals surface area contributed by atoms with Crippen molar-refractivity contribution in [1.82, 2.24) is 4.90 Å². The van der Waals surface area contributed by atoms with E-state index in [1.165, 1.54) is 0 Å². The molecule has 0 fully saturated rings. The summed E-state index contributed by atoms with van der Waals surface area (Å²) >= 11 is 3.41. The highest BCUT2D eigenvalue weighted by molar-refractivity contribution is 9.10. The molecule has 0 aliphatic heterocycles. The Hall–Kier alpha value is -2.60. The van der Waals surface area contributed by atoms with Crippen molar-refractivity contribution in [3.63, 3.8) is 0 Å². The van der Waals surface area contributed by atoms with E-state index in [1.807, 2.05) is 24.3 Å². The van der Waals surface area contributed by atoms with Crippen LogP contribution >= 0.6 is 15.9 Å². The third kappa shape index (κ3) is 6.25. The molecule has 2 rings (SSSR count). The number of carbonyl (C=O) groups excluding carboxylic acids is 2. The van der Waals surface area contributed by atoms with Crippen molar-refractivity contribution in [2.24, 2.45) is 0 Å². The summed E-state index contributed by atoms with van der Waals surface area (Å²) in [5.74, 6) is 0.544. The van der Waals surface area contributed by atoms with Gasteiger partial charge in [-0.1, -0.05) is 24.8 Å². The third-order valence-electron chi connectivity index (χ3n) is 3.89. The summed E-state index contributed by atoms with van der Waals surface area (Å²) in [6.07, 6.45) is 2.80. The van der Waals surface area contributed by atoms with Gasteiger partial charge in [0.25, 0.3) is 5.91 Å². The van der Waals surface area contributed by atoms with Crippen LogP contribution < -0.4 is 10.1 Å². The van der Waals surface area contributed by atoms with E-state index in [-0.39, 0.29) is 11.8 Å². The molecule has 0 radical (unpaired) electrons. The van der Waals surface area contributed by atoms with Gasteiger partial charge in [-0.15, -0.1) is 0 Å². The highest BCUT2D eigenvalue weighted by Crippen LogP contribution is 2.26. The van der Waals surface area contributed by atoms with Crippen LogP contribution in [0.3, 0.4) is 0 Å². The van der Waals surface area contributed by atoms with Gasteiger partial charge in [-0.2, -0.15) is 0 Å². The fourth-order valence-electron chi connectivity index (χ4n) is 2.34. The van der Waals surface area contributed by atoms with Crippen LogP contribution in [0.2, 0.25) is 0 Å². The first kappa shape index (κ1) is 20.7. The summed E-state index contributed by atoms with van der Waals surface area (Å²) in [5.41, 5.74) is 2.27.